The van der Waals surface area contributed by atoms with Crippen molar-refractivity contribution in [2.75, 3.05) is 0 Å². The highest BCUT2D eigenvalue weighted by molar-refractivity contribution is 7.82. The van der Waals surface area contributed by atoms with Gasteiger partial charge in [0.2, 0.25) is 0 Å². The summed E-state index contributed by atoms with van der Waals surface area (Å²) < 4.78 is 4.24. The number of hydrogen-bond donors (Lipinski definition) is 0. The third-order valence-electron chi connectivity index (χ3n) is 1.29. The molecule has 0 aromatic rings. The van der Waals surface area contributed by atoms with Gasteiger partial charge in [-0.25, -0.2) is 0 Å². The van der Waals surface area contributed by atoms with E-state index in [1.54, 1.807) is 13.8 Å². The molecule has 57 valence electrons. The number of ether oxygens (including phenoxy) is 1. The molecule has 0 N–H and O–H groups in total. The second kappa shape index (κ2) is 2.46. The largest absolute Gasteiger partial charge is 0.461 e. The molecule has 1 saturated carbocycles. The van der Waals surface area contributed by atoms with Crippen molar-refractivity contribution in [3.8, 4) is 0 Å². The van der Waals surface area contributed by atoms with E-state index in [1.807, 2.05) is 0 Å². The summed E-state index contributed by atoms with van der Waals surface area (Å²) in [5.41, 5.74) is 0. The van der Waals surface area contributed by atoms with E-state index in [-0.39, 0.29) is 12.1 Å². The molecule has 0 unspecified atom stereocenters. The van der Waals surface area contributed by atoms with Gasteiger partial charge < -0.3 is 4.74 Å². The first-order valence-corrected chi connectivity index (χ1v) is 3.82. The Balaban J connectivity index is 2.32. The maximum Gasteiger partial charge on any atom is 0.322 e. The molecular formula is C7H11O2S. The van der Waals surface area contributed by atoms with Crippen LogP contribution in [0.5, 0.6) is 0 Å². The summed E-state index contributed by atoms with van der Waals surface area (Å²) in [7, 11) is 0. The number of rotatable bonds is 2. The summed E-state index contributed by atoms with van der Waals surface area (Å²) in [6.07, 6.45) is 2.20. The van der Waals surface area contributed by atoms with Gasteiger partial charge in [-0.15, -0.1) is 0 Å². The number of carbonyl (C=O) groups excluding carboxylic acids is 1. The quantitative estimate of drug-likeness (QED) is 0.573. The number of esters is 1. The van der Waals surface area contributed by atoms with Gasteiger partial charge in [0.15, 0.2) is 0 Å². The van der Waals surface area contributed by atoms with Crippen LogP contribution in [0.25, 0.3) is 0 Å². The minimum atomic E-state index is -0.747. The summed E-state index contributed by atoms with van der Waals surface area (Å²) in [4.78, 5) is 11.0. The van der Waals surface area contributed by atoms with Gasteiger partial charge in [0.25, 0.3) is 0 Å². The zero-order valence-corrected chi connectivity index (χ0v) is 7.03. The van der Waals surface area contributed by atoms with Crippen LogP contribution in [-0.4, -0.2) is 16.8 Å². The first-order valence-electron chi connectivity index (χ1n) is 3.41. The van der Waals surface area contributed by atoms with Gasteiger partial charge in [-0.3, -0.25) is 4.79 Å². The fraction of sp³-hybridized carbons (Fsp3) is 0.857. The highest BCUT2D eigenvalue weighted by Crippen LogP contribution is 2.26. The molecule has 0 atom stereocenters. The molecule has 1 radical (unpaired) electrons. The van der Waals surface area contributed by atoms with Crippen LogP contribution in [0.4, 0.5) is 0 Å². The lowest BCUT2D eigenvalue weighted by atomic mass is 10.2. The molecule has 0 aromatic heterocycles. The van der Waals surface area contributed by atoms with Crippen molar-refractivity contribution in [1.82, 2.24) is 0 Å². The van der Waals surface area contributed by atoms with Crippen molar-refractivity contribution in [3.63, 3.8) is 0 Å². The highest BCUT2D eigenvalue weighted by atomic mass is 32.1. The fourth-order valence-corrected chi connectivity index (χ4v) is 0.527. The Bertz CT molecular complexity index is 144. The van der Waals surface area contributed by atoms with Crippen LogP contribution in [0.3, 0.4) is 0 Å². The van der Waals surface area contributed by atoms with Gasteiger partial charge in [0, 0.05) is 0 Å². The summed E-state index contributed by atoms with van der Waals surface area (Å²) in [5.74, 6) is -0.259. The summed E-state index contributed by atoms with van der Waals surface area (Å²) in [5, 5.41) is 0. The Hall–Kier alpha value is -0.180. The molecule has 1 aliphatic rings. The molecule has 1 fully saturated rings. The fourth-order valence-electron chi connectivity index (χ4n) is 0.479. The third-order valence-corrected chi connectivity index (χ3v) is 1.46. The van der Waals surface area contributed by atoms with Crippen LogP contribution in [0.15, 0.2) is 0 Å². The molecule has 0 heterocycles. The lowest BCUT2D eigenvalue weighted by Gasteiger charge is -2.13. The second-order valence-corrected chi connectivity index (χ2v) is 4.14. The van der Waals surface area contributed by atoms with Gasteiger partial charge in [-0.05, 0) is 26.7 Å². The standard InChI is InChI=1S/C7H11O2S/c1-7(2,10)6(8)9-5-3-4-5/h5H,3-4H2,1-2H3. The molecule has 0 spiro atoms. The van der Waals surface area contributed by atoms with Crippen LogP contribution in [-0.2, 0) is 9.53 Å². The van der Waals surface area contributed by atoms with Gasteiger partial charge in [-0.1, -0.05) is 12.6 Å². The molecule has 10 heavy (non-hydrogen) atoms. The van der Waals surface area contributed by atoms with E-state index in [4.69, 9.17) is 17.4 Å². The van der Waals surface area contributed by atoms with Crippen molar-refractivity contribution in [2.24, 2.45) is 0 Å². The predicted molar refractivity (Wildman–Crippen MR) is 40.8 cm³/mol. The second-order valence-electron chi connectivity index (χ2n) is 3.11. The third kappa shape index (κ3) is 2.21. The zero-order chi connectivity index (χ0) is 7.78. The molecule has 0 bridgehead atoms. The van der Waals surface area contributed by atoms with E-state index in [1.165, 1.54) is 0 Å². The zero-order valence-electron chi connectivity index (χ0n) is 6.22. The minimum absolute atomic E-state index is 0.176. The molecule has 2 nitrogen and oxygen atoms in total. The smallest absolute Gasteiger partial charge is 0.322 e. The van der Waals surface area contributed by atoms with Crippen LogP contribution in [0.1, 0.15) is 26.7 Å². The van der Waals surface area contributed by atoms with Crippen LogP contribution < -0.4 is 0 Å². The van der Waals surface area contributed by atoms with E-state index in [2.05, 4.69) is 0 Å². The van der Waals surface area contributed by atoms with E-state index >= 15 is 0 Å². The Morgan fingerprint density at radius 2 is 2.10 bits per heavy atom. The lowest BCUT2D eigenvalue weighted by molar-refractivity contribution is -0.146. The monoisotopic (exact) mass is 159 g/mol. The predicted octanol–water partition coefficient (Wildman–Crippen LogP) is 1.67. The molecule has 1 aliphatic carbocycles. The van der Waals surface area contributed by atoms with E-state index < -0.39 is 4.75 Å². The van der Waals surface area contributed by atoms with Crippen molar-refractivity contribution < 1.29 is 9.53 Å². The Kier molecular flexibility index (Phi) is 1.95. The van der Waals surface area contributed by atoms with Gasteiger partial charge >= 0.3 is 5.97 Å². The van der Waals surface area contributed by atoms with Crippen molar-refractivity contribution >= 4 is 18.6 Å². The SMILES string of the molecule is CC(C)([S])C(=O)OC1CC1. The Morgan fingerprint density at radius 3 is 2.40 bits per heavy atom. The minimum Gasteiger partial charge on any atom is -0.461 e. The van der Waals surface area contributed by atoms with Crippen LogP contribution >= 0.6 is 12.6 Å². The van der Waals surface area contributed by atoms with E-state index in [0.29, 0.717) is 0 Å². The van der Waals surface area contributed by atoms with E-state index in [0.717, 1.165) is 12.8 Å². The maximum atomic E-state index is 11.0. The van der Waals surface area contributed by atoms with Gasteiger partial charge in [-0.2, -0.15) is 0 Å². The first kappa shape index (κ1) is 7.92. The molecule has 0 saturated heterocycles. The van der Waals surface area contributed by atoms with Crippen LogP contribution in [0.2, 0.25) is 0 Å². The first-order chi connectivity index (χ1) is 4.50. The topological polar surface area (TPSA) is 26.3 Å². The normalized spacial score (nSPS) is 18.7. The Labute approximate surface area is 66.4 Å². The van der Waals surface area contributed by atoms with Gasteiger partial charge in [0.1, 0.15) is 10.9 Å². The Morgan fingerprint density at radius 1 is 1.60 bits per heavy atom. The highest BCUT2D eigenvalue weighted by Gasteiger charge is 2.32. The van der Waals surface area contributed by atoms with Crippen molar-refractivity contribution in [3.05, 3.63) is 0 Å². The lowest BCUT2D eigenvalue weighted by Crippen LogP contribution is -2.27. The summed E-state index contributed by atoms with van der Waals surface area (Å²) in [6, 6.07) is 0. The van der Waals surface area contributed by atoms with Gasteiger partial charge in [0.05, 0.1) is 0 Å². The van der Waals surface area contributed by atoms with Crippen LogP contribution in [0, 0.1) is 0 Å². The maximum absolute atomic E-state index is 11.0. The average Bonchev–Trinajstić information content (AvgIpc) is 2.47. The molecule has 0 aromatic carbocycles. The molecule has 1 rings (SSSR count). The number of hydrogen-bond acceptors (Lipinski definition) is 2. The van der Waals surface area contributed by atoms with Crippen molar-refractivity contribution in [2.45, 2.75) is 37.5 Å². The average molecular weight is 159 g/mol. The van der Waals surface area contributed by atoms with Crippen molar-refractivity contribution in [1.29, 1.82) is 0 Å². The molecule has 0 amide bonds. The molecule has 3 heteroatoms. The summed E-state index contributed by atoms with van der Waals surface area (Å²) >= 11 is 4.88. The molecule has 0 aliphatic heterocycles. The van der Waals surface area contributed by atoms with E-state index in [9.17, 15) is 4.79 Å². The summed E-state index contributed by atoms with van der Waals surface area (Å²) in [6.45, 7) is 3.38. The molecular weight excluding hydrogens is 148 g/mol. The number of carbonyl (C=O) groups is 1.